The van der Waals surface area contributed by atoms with Gasteiger partial charge in [0.05, 0.1) is 25.1 Å². The minimum atomic E-state index is 0.0805. The molecule has 0 amide bonds. The van der Waals surface area contributed by atoms with Gasteiger partial charge >= 0.3 is 0 Å². The van der Waals surface area contributed by atoms with Gasteiger partial charge in [0.1, 0.15) is 12.4 Å². The fraction of sp³-hybridized carbons (Fsp3) is 0.565. The van der Waals surface area contributed by atoms with Gasteiger partial charge in [-0.15, -0.1) is 0 Å². The fourth-order valence-corrected chi connectivity index (χ4v) is 2.86. The standard InChI is InChI=1S/C23H34N2O3/c1-4-6-7-8-9-10-15-27-22-16-24-23(25-17-22)20-11-13-21(14-12-20)28-18-19(3)26-5-2/h11-14,16-17,19H,4-10,15,18H2,1-3H3. The van der Waals surface area contributed by atoms with E-state index in [1.807, 2.05) is 38.1 Å². The van der Waals surface area contributed by atoms with Crippen LogP contribution in [-0.2, 0) is 4.74 Å². The molecular formula is C23H34N2O3. The van der Waals surface area contributed by atoms with E-state index in [2.05, 4.69) is 16.9 Å². The third kappa shape index (κ3) is 8.26. The Balaban J connectivity index is 1.75. The van der Waals surface area contributed by atoms with Crippen molar-refractivity contribution in [3.8, 4) is 22.9 Å². The molecule has 154 valence electrons. The Labute approximate surface area is 169 Å². The van der Waals surface area contributed by atoms with Crippen molar-refractivity contribution in [1.82, 2.24) is 9.97 Å². The van der Waals surface area contributed by atoms with Gasteiger partial charge in [-0.25, -0.2) is 9.97 Å². The van der Waals surface area contributed by atoms with Crippen LogP contribution in [0.1, 0.15) is 59.3 Å². The molecule has 28 heavy (non-hydrogen) atoms. The van der Waals surface area contributed by atoms with Gasteiger partial charge in [-0.2, -0.15) is 0 Å². The first kappa shape index (κ1) is 22.2. The van der Waals surface area contributed by atoms with Crippen molar-refractivity contribution in [2.75, 3.05) is 19.8 Å². The third-order valence-electron chi connectivity index (χ3n) is 4.44. The van der Waals surface area contributed by atoms with E-state index in [0.717, 1.165) is 30.1 Å². The molecule has 0 saturated carbocycles. The number of nitrogens with zero attached hydrogens (tertiary/aromatic N) is 2. The highest BCUT2D eigenvalue weighted by atomic mass is 16.5. The van der Waals surface area contributed by atoms with Gasteiger partial charge in [-0.3, -0.25) is 0 Å². The zero-order valence-corrected chi connectivity index (χ0v) is 17.5. The molecule has 1 heterocycles. The van der Waals surface area contributed by atoms with Crippen LogP contribution in [0.5, 0.6) is 11.5 Å². The normalized spacial score (nSPS) is 12.0. The molecule has 0 N–H and O–H groups in total. The van der Waals surface area contributed by atoms with E-state index in [1.165, 1.54) is 32.1 Å². The van der Waals surface area contributed by atoms with E-state index < -0.39 is 0 Å². The predicted octanol–water partition coefficient (Wildman–Crippen LogP) is 5.69. The molecule has 1 atom stereocenters. The van der Waals surface area contributed by atoms with Crippen molar-refractivity contribution in [1.29, 1.82) is 0 Å². The molecule has 1 unspecified atom stereocenters. The van der Waals surface area contributed by atoms with Crippen molar-refractivity contribution in [2.45, 2.75) is 65.4 Å². The molecule has 0 aliphatic heterocycles. The summed E-state index contributed by atoms with van der Waals surface area (Å²) in [4.78, 5) is 8.84. The van der Waals surface area contributed by atoms with Crippen molar-refractivity contribution < 1.29 is 14.2 Å². The van der Waals surface area contributed by atoms with Crippen molar-refractivity contribution in [2.24, 2.45) is 0 Å². The summed E-state index contributed by atoms with van der Waals surface area (Å²) in [6.07, 6.45) is 11.1. The Morgan fingerprint density at radius 2 is 1.50 bits per heavy atom. The van der Waals surface area contributed by atoms with Gasteiger partial charge in [0.25, 0.3) is 0 Å². The Morgan fingerprint density at radius 1 is 0.821 bits per heavy atom. The third-order valence-corrected chi connectivity index (χ3v) is 4.44. The maximum atomic E-state index is 5.74. The van der Waals surface area contributed by atoms with E-state index in [-0.39, 0.29) is 6.10 Å². The summed E-state index contributed by atoms with van der Waals surface area (Å²) >= 11 is 0. The van der Waals surface area contributed by atoms with Crippen molar-refractivity contribution in [3.63, 3.8) is 0 Å². The summed E-state index contributed by atoms with van der Waals surface area (Å²) in [5.41, 5.74) is 0.952. The van der Waals surface area contributed by atoms with E-state index in [9.17, 15) is 0 Å². The molecule has 5 nitrogen and oxygen atoms in total. The zero-order chi connectivity index (χ0) is 20.0. The molecular weight excluding hydrogens is 352 g/mol. The van der Waals surface area contributed by atoms with Gasteiger partial charge in [-0.05, 0) is 44.5 Å². The molecule has 1 aromatic heterocycles. The lowest BCUT2D eigenvalue weighted by Crippen LogP contribution is -2.17. The van der Waals surface area contributed by atoms with Crippen LogP contribution in [0, 0.1) is 0 Å². The minimum absolute atomic E-state index is 0.0805. The highest BCUT2D eigenvalue weighted by Crippen LogP contribution is 2.20. The topological polar surface area (TPSA) is 53.5 Å². The first-order valence-electron chi connectivity index (χ1n) is 10.5. The molecule has 1 aromatic carbocycles. The highest BCUT2D eigenvalue weighted by molar-refractivity contribution is 5.56. The zero-order valence-electron chi connectivity index (χ0n) is 17.5. The van der Waals surface area contributed by atoms with Crippen LogP contribution < -0.4 is 9.47 Å². The number of hydrogen-bond acceptors (Lipinski definition) is 5. The number of rotatable bonds is 14. The molecule has 2 aromatic rings. The number of benzene rings is 1. The average molecular weight is 387 g/mol. The lowest BCUT2D eigenvalue weighted by Gasteiger charge is -2.13. The maximum absolute atomic E-state index is 5.74. The monoisotopic (exact) mass is 386 g/mol. The van der Waals surface area contributed by atoms with Crippen LogP contribution in [0.2, 0.25) is 0 Å². The van der Waals surface area contributed by atoms with Crippen molar-refractivity contribution in [3.05, 3.63) is 36.7 Å². The number of hydrogen-bond donors (Lipinski definition) is 0. The van der Waals surface area contributed by atoms with Crippen LogP contribution in [0.3, 0.4) is 0 Å². The summed E-state index contributed by atoms with van der Waals surface area (Å²) in [7, 11) is 0. The smallest absolute Gasteiger partial charge is 0.159 e. The van der Waals surface area contributed by atoms with E-state index in [1.54, 1.807) is 12.4 Å². The van der Waals surface area contributed by atoms with Gasteiger partial charge < -0.3 is 14.2 Å². The Morgan fingerprint density at radius 3 is 2.18 bits per heavy atom. The lowest BCUT2D eigenvalue weighted by atomic mass is 10.1. The first-order valence-corrected chi connectivity index (χ1v) is 10.5. The molecule has 0 aliphatic rings. The van der Waals surface area contributed by atoms with E-state index in [4.69, 9.17) is 14.2 Å². The van der Waals surface area contributed by atoms with Crippen LogP contribution >= 0.6 is 0 Å². The Bertz CT molecular complexity index is 644. The van der Waals surface area contributed by atoms with Crippen LogP contribution in [0.25, 0.3) is 11.4 Å². The summed E-state index contributed by atoms with van der Waals surface area (Å²) in [6, 6.07) is 7.79. The maximum Gasteiger partial charge on any atom is 0.159 e. The molecule has 0 saturated heterocycles. The van der Waals surface area contributed by atoms with E-state index >= 15 is 0 Å². The quantitative estimate of drug-likeness (QED) is 0.391. The second-order valence-electron chi connectivity index (χ2n) is 6.96. The lowest BCUT2D eigenvalue weighted by molar-refractivity contribution is 0.0402. The number of ether oxygens (including phenoxy) is 3. The van der Waals surface area contributed by atoms with E-state index in [0.29, 0.717) is 19.0 Å². The van der Waals surface area contributed by atoms with Gasteiger partial charge in [0, 0.05) is 12.2 Å². The molecule has 0 bridgehead atoms. The number of unbranched alkanes of at least 4 members (excludes halogenated alkanes) is 5. The highest BCUT2D eigenvalue weighted by Gasteiger charge is 2.05. The largest absolute Gasteiger partial charge is 0.491 e. The molecule has 0 fully saturated rings. The van der Waals surface area contributed by atoms with Crippen LogP contribution in [0.15, 0.2) is 36.7 Å². The Hall–Kier alpha value is -2.14. The number of aromatic nitrogens is 2. The summed E-state index contributed by atoms with van der Waals surface area (Å²) in [5.74, 6) is 2.22. The minimum Gasteiger partial charge on any atom is -0.491 e. The molecule has 0 radical (unpaired) electrons. The summed E-state index contributed by atoms with van der Waals surface area (Å²) < 4.78 is 16.9. The van der Waals surface area contributed by atoms with Crippen LogP contribution in [0.4, 0.5) is 0 Å². The molecule has 0 aliphatic carbocycles. The van der Waals surface area contributed by atoms with Crippen molar-refractivity contribution >= 4 is 0 Å². The first-order chi connectivity index (χ1) is 13.7. The second kappa shape index (κ2) is 13.1. The molecule has 5 heteroatoms. The SMILES string of the molecule is CCCCCCCCOc1cnc(-c2ccc(OCC(C)OCC)cc2)nc1. The Kier molecular flexibility index (Phi) is 10.4. The fourth-order valence-electron chi connectivity index (χ4n) is 2.86. The predicted molar refractivity (Wildman–Crippen MR) is 113 cm³/mol. The van der Waals surface area contributed by atoms with Gasteiger partial charge in [0.15, 0.2) is 11.6 Å². The van der Waals surface area contributed by atoms with Crippen LogP contribution in [-0.4, -0.2) is 35.9 Å². The van der Waals surface area contributed by atoms with Gasteiger partial charge in [0.2, 0.25) is 0 Å². The van der Waals surface area contributed by atoms with Gasteiger partial charge in [-0.1, -0.05) is 39.0 Å². The molecule has 0 spiro atoms. The average Bonchev–Trinajstić information content (AvgIpc) is 2.73. The summed E-state index contributed by atoms with van der Waals surface area (Å²) in [6.45, 7) is 8.17. The summed E-state index contributed by atoms with van der Waals surface area (Å²) in [5, 5.41) is 0. The second-order valence-corrected chi connectivity index (χ2v) is 6.96. The molecule has 2 rings (SSSR count).